The van der Waals surface area contributed by atoms with Gasteiger partial charge in [0.05, 0.1) is 31.8 Å². The van der Waals surface area contributed by atoms with Crippen LogP contribution in [0.25, 0.3) is 25.6 Å². The Labute approximate surface area is 404 Å². The van der Waals surface area contributed by atoms with Crippen LogP contribution in [0.1, 0.15) is 87.5 Å². The van der Waals surface area contributed by atoms with E-state index in [1.807, 2.05) is 76.2 Å². The SMILES string of the molecule is CCc1ccc(S)c(CC)c1Nc1nc(N(c2nc3ccc(S)cc3s2)c2c(CC)ccc(S)c2CC)cc(C)c1N=Nc1c(C#N)c(C(C)(C)C)nn1-c1nc2ccc(S)cc2s1. The van der Waals surface area contributed by atoms with Gasteiger partial charge in [0.15, 0.2) is 16.8 Å². The highest BCUT2D eigenvalue weighted by Crippen LogP contribution is 2.47. The summed E-state index contributed by atoms with van der Waals surface area (Å²) in [5.74, 6) is 1.39. The van der Waals surface area contributed by atoms with Gasteiger partial charge in [-0.1, -0.05) is 83.3 Å². The summed E-state index contributed by atoms with van der Waals surface area (Å²) in [6.45, 7) is 16.7. The average Bonchev–Trinajstić information content (AvgIpc) is 3.98. The number of hydrogen-bond donors (Lipinski definition) is 5. The Bertz CT molecular complexity index is 3170. The van der Waals surface area contributed by atoms with Crippen molar-refractivity contribution in [2.24, 2.45) is 10.2 Å². The highest BCUT2D eigenvalue weighted by Gasteiger charge is 2.30. The molecule has 0 aliphatic rings. The fourth-order valence-corrected chi connectivity index (χ4v) is 11.1. The zero-order chi connectivity index (χ0) is 45.6. The molecule has 0 fully saturated rings. The van der Waals surface area contributed by atoms with Gasteiger partial charge in [-0.25, -0.2) is 15.0 Å². The van der Waals surface area contributed by atoms with Crippen molar-refractivity contribution < 1.29 is 0 Å². The van der Waals surface area contributed by atoms with Crippen molar-refractivity contribution in [3.05, 3.63) is 106 Å². The van der Waals surface area contributed by atoms with Gasteiger partial charge in [0, 0.05) is 30.7 Å². The van der Waals surface area contributed by atoms with Crippen molar-refractivity contribution >= 4 is 133 Å². The van der Waals surface area contributed by atoms with Crippen LogP contribution in [0.2, 0.25) is 0 Å². The maximum absolute atomic E-state index is 10.7. The number of benzene rings is 4. The number of pyridine rings is 1. The van der Waals surface area contributed by atoms with Crippen LogP contribution in [0, 0.1) is 18.3 Å². The van der Waals surface area contributed by atoms with Gasteiger partial charge in [0.25, 0.3) is 0 Å². The van der Waals surface area contributed by atoms with Crippen molar-refractivity contribution in [1.29, 1.82) is 5.26 Å². The second-order valence-electron chi connectivity index (χ2n) is 16.4. The van der Waals surface area contributed by atoms with E-state index in [1.54, 1.807) is 16.0 Å². The van der Waals surface area contributed by atoms with Gasteiger partial charge in [-0.15, -0.1) is 60.7 Å². The zero-order valence-corrected chi connectivity index (χ0v) is 42.0. The Morgan fingerprint density at radius 3 is 2.00 bits per heavy atom. The molecule has 0 unspecified atom stereocenters. The van der Waals surface area contributed by atoms with E-state index in [2.05, 4.69) is 87.4 Å². The summed E-state index contributed by atoms with van der Waals surface area (Å²) in [6.07, 6.45) is 3.03. The van der Waals surface area contributed by atoms with Crippen LogP contribution in [0.4, 0.5) is 39.6 Å². The van der Waals surface area contributed by atoms with E-state index in [1.165, 1.54) is 11.3 Å². The molecule has 0 saturated heterocycles. The van der Waals surface area contributed by atoms with E-state index >= 15 is 0 Å². The second-order valence-corrected chi connectivity index (χ2v) is 20.4. The van der Waals surface area contributed by atoms with Crippen molar-refractivity contribution in [3.63, 3.8) is 0 Å². The number of nitriles is 1. The van der Waals surface area contributed by atoms with Gasteiger partial charge < -0.3 is 5.32 Å². The minimum atomic E-state index is -0.482. The summed E-state index contributed by atoms with van der Waals surface area (Å²) in [4.78, 5) is 21.3. The number of fused-ring (bicyclic) bond motifs is 2. The third-order valence-corrected chi connectivity index (χ3v) is 14.5. The molecule has 0 bridgehead atoms. The molecule has 0 aliphatic carbocycles. The van der Waals surface area contributed by atoms with E-state index in [9.17, 15) is 5.26 Å². The molecule has 10 nitrogen and oxygen atoms in total. The third kappa shape index (κ3) is 8.66. The minimum absolute atomic E-state index is 0.276. The molecule has 4 aromatic heterocycles. The second kappa shape index (κ2) is 18.5. The van der Waals surface area contributed by atoms with Crippen LogP contribution >= 0.6 is 73.2 Å². The predicted octanol–water partition coefficient (Wildman–Crippen LogP) is 15.0. The molecular weight excluding hydrogens is 909 g/mol. The topological polar surface area (TPSA) is 120 Å². The van der Waals surface area contributed by atoms with Crippen molar-refractivity contribution in [2.75, 3.05) is 10.2 Å². The molecule has 0 saturated carbocycles. The van der Waals surface area contributed by atoms with Gasteiger partial charge in [-0.2, -0.15) is 15.0 Å². The molecule has 8 aromatic rings. The molecule has 64 heavy (non-hydrogen) atoms. The number of aromatic nitrogens is 5. The Kier molecular flexibility index (Phi) is 13.2. The molecule has 1 N–H and O–H groups in total. The molecule has 0 spiro atoms. The van der Waals surface area contributed by atoms with Gasteiger partial charge in [-0.3, -0.25) is 4.90 Å². The zero-order valence-electron chi connectivity index (χ0n) is 36.8. The van der Waals surface area contributed by atoms with E-state index in [4.69, 9.17) is 55.5 Å². The van der Waals surface area contributed by atoms with Gasteiger partial charge in [-0.05, 0) is 115 Å². The quantitative estimate of drug-likeness (QED) is 0.0611. The molecule has 0 aliphatic heterocycles. The number of thiazole rings is 2. The smallest absolute Gasteiger partial charge is 0.213 e. The molecule has 0 radical (unpaired) electrons. The van der Waals surface area contributed by atoms with Crippen LogP contribution in [-0.4, -0.2) is 24.7 Å². The fourth-order valence-electron chi connectivity index (χ4n) is 7.83. The molecule has 0 atom stereocenters. The lowest BCUT2D eigenvalue weighted by Crippen LogP contribution is -2.17. The molecule has 16 heteroatoms. The maximum Gasteiger partial charge on any atom is 0.213 e. The summed E-state index contributed by atoms with van der Waals surface area (Å²) < 4.78 is 3.59. The summed E-state index contributed by atoms with van der Waals surface area (Å²) >= 11 is 22.1. The first-order valence-electron chi connectivity index (χ1n) is 21.1. The highest BCUT2D eigenvalue weighted by atomic mass is 32.1. The average molecular weight is 957 g/mol. The summed E-state index contributed by atoms with van der Waals surface area (Å²) in [5, 5.41) is 30.8. The highest BCUT2D eigenvalue weighted by molar-refractivity contribution is 7.80. The minimum Gasteiger partial charge on any atom is -0.338 e. The Balaban J connectivity index is 1.40. The summed E-state index contributed by atoms with van der Waals surface area (Å²) in [7, 11) is 0. The van der Waals surface area contributed by atoms with Crippen LogP contribution in [0.15, 0.2) is 96.5 Å². The predicted molar refractivity (Wildman–Crippen MR) is 277 cm³/mol. The van der Waals surface area contributed by atoms with Gasteiger partial charge in [0.2, 0.25) is 5.13 Å². The van der Waals surface area contributed by atoms with Crippen LogP contribution in [0.5, 0.6) is 0 Å². The molecule has 4 aromatic carbocycles. The van der Waals surface area contributed by atoms with Crippen LogP contribution in [0.3, 0.4) is 0 Å². The summed E-state index contributed by atoms with van der Waals surface area (Å²) in [5.41, 5.74) is 9.69. The van der Waals surface area contributed by atoms with Crippen molar-refractivity contribution in [1.82, 2.24) is 24.7 Å². The largest absolute Gasteiger partial charge is 0.338 e. The number of nitrogens with one attached hydrogen (secondary N) is 1. The van der Waals surface area contributed by atoms with Gasteiger partial charge >= 0.3 is 0 Å². The van der Waals surface area contributed by atoms with E-state index in [-0.39, 0.29) is 5.82 Å². The molecule has 326 valence electrons. The first-order chi connectivity index (χ1) is 30.7. The van der Waals surface area contributed by atoms with Crippen LogP contribution < -0.4 is 10.2 Å². The first kappa shape index (κ1) is 45.7. The molecular formula is C48H48N10S6. The van der Waals surface area contributed by atoms with Crippen molar-refractivity contribution in [2.45, 2.75) is 106 Å². The molecule has 4 heterocycles. The molecule has 0 amide bonds. The van der Waals surface area contributed by atoms with E-state index < -0.39 is 5.41 Å². The Morgan fingerprint density at radius 1 is 0.750 bits per heavy atom. The lowest BCUT2D eigenvalue weighted by molar-refractivity contribution is 0.559. The third-order valence-electron chi connectivity index (χ3n) is 11.1. The number of rotatable bonds is 12. The summed E-state index contributed by atoms with van der Waals surface area (Å²) in [6, 6.07) is 24.6. The number of thiol groups is 4. The Morgan fingerprint density at radius 2 is 1.38 bits per heavy atom. The van der Waals surface area contributed by atoms with Crippen molar-refractivity contribution in [3.8, 4) is 11.2 Å². The van der Waals surface area contributed by atoms with E-state index in [0.29, 0.717) is 33.7 Å². The lowest BCUT2D eigenvalue weighted by atomic mass is 9.90. The van der Waals surface area contributed by atoms with Crippen LogP contribution in [-0.2, 0) is 31.1 Å². The monoisotopic (exact) mass is 956 g/mol. The standard InChI is InChI=1S/C48H48N10S6/c1-9-26-13-19-35(61)30(11-3)41(26)53-44-40(54-55-45-32(24-49)43(48(6,7)8)56-58(45)47-51-34-18-16-29(60)23-38(34)64-47)25(5)21-39(52-44)57(42-27(10-2)14-20-36(62)31(42)12-4)46-50-33-17-15-28(59)22-37(33)63-46/h13-23,59-62H,9-12H2,1-8H3,(H,52,53). The number of aryl methyl sites for hydroxylation is 3. The number of hydrogen-bond acceptors (Lipinski definition) is 15. The van der Waals surface area contributed by atoms with E-state index in [0.717, 1.165) is 110 Å². The normalized spacial score (nSPS) is 11.9. The number of anilines is 5. The fraction of sp³-hybridized carbons (Fsp3) is 0.271. The number of nitrogens with zero attached hydrogens (tertiary/aromatic N) is 9. The number of azo groups is 1. The Hall–Kier alpha value is -4.89. The molecule has 8 rings (SSSR count). The van der Waals surface area contributed by atoms with Gasteiger partial charge in [0.1, 0.15) is 23.1 Å². The lowest BCUT2D eigenvalue weighted by Gasteiger charge is -2.28. The first-order valence-corrected chi connectivity index (χ1v) is 24.5. The maximum atomic E-state index is 10.7.